The number of hydrogen-bond acceptors (Lipinski definition) is 2. The highest BCUT2D eigenvalue weighted by Gasteiger charge is 2.13. The first-order chi connectivity index (χ1) is 12.3. The summed E-state index contributed by atoms with van der Waals surface area (Å²) in [5.41, 5.74) is 4.60. The zero-order chi connectivity index (χ0) is 19.2. The fourth-order valence-corrected chi connectivity index (χ4v) is 2.83. The highest BCUT2D eigenvalue weighted by Crippen LogP contribution is 2.23. The van der Waals surface area contributed by atoms with Crippen LogP contribution >= 0.6 is 0 Å². The van der Waals surface area contributed by atoms with Crippen LogP contribution < -0.4 is 15.5 Å². The van der Waals surface area contributed by atoms with Crippen LogP contribution in [0.2, 0.25) is 0 Å². The molecule has 0 spiro atoms. The number of carbonyl (C=O) groups is 1. The third-order valence-electron chi connectivity index (χ3n) is 4.42. The SMILES string of the molecule is CCN(CCNC(=O)Nc1ccc(C(C)(C)C)cc1)c1cccc(C)c1. The minimum atomic E-state index is -0.172. The normalized spacial score (nSPS) is 11.1. The van der Waals surface area contributed by atoms with Crippen LogP contribution in [-0.4, -0.2) is 25.7 Å². The van der Waals surface area contributed by atoms with Crippen molar-refractivity contribution in [3.8, 4) is 0 Å². The molecule has 0 heterocycles. The number of rotatable bonds is 6. The maximum absolute atomic E-state index is 12.1. The fourth-order valence-electron chi connectivity index (χ4n) is 2.83. The number of urea groups is 1. The molecule has 0 bridgehead atoms. The summed E-state index contributed by atoms with van der Waals surface area (Å²) in [5, 5.41) is 5.83. The molecule has 0 aliphatic carbocycles. The van der Waals surface area contributed by atoms with Crippen LogP contribution in [0.1, 0.15) is 38.8 Å². The summed E-state index contributed by atoms with van der Waals surface area (Å²) in [5.74, 6) is 0. The molecule has 0 fully saturated rings. The van der Waals surface area contributed by atoms with Gasteiger partial charge in [-0.1, -0.05) is 45.0 Å². The molecule has 0 atom stereocenters. The Bertz CT molecular complexity index is 717. The average molecular weight is 354 g/mol. The van der Waals surface area contributed by atoms with Gasteiger partial charge in [-0.3, -0.25) is 0 Å². The lowest BCUT2D eigenvalue weighted by atomic mass is 9.87. The van der Waals surface area contributed by atoms with Gasteiger partial charge in [0.2, 0.25) is 0 Å². The standard InChI is InChI=1S/C22H31N3O/c1-6-25(20-9-7-8-17(2)16-20)15-14-23-21(26)24-19-12-10-18(11-13-19)22(3,4)5/h7-13,16H,6,14-15H2,1-5H3,(H2,23,24,26). The molecule has 0 unspecified atom stereocenters. The minimum absolute atomic E-state index is 0.111. The van der Waals surface area contributed by atoms with Crippen LogP contribution in [0.25, 0.3) is 0 Å². The van der Waals surface area contributed by atoms with Gasteiger partial charge in [-0.05, 0) is 54.7 Å². The molecule has 4 nitrogen and oxygen atoms in total. The van der Waals surface area contributed by atoms with E-state index in [1.54, 1.807) is 0 Å². The zero-order valence-electron chi connectivity index (χ0n) is 16.6. The minimum Gasteiger partial charge on any atom is -0.370 e. The Labute approximate surface area is 157 Å². The molecule has 0 saturated heterocycles. The van der Waals surface area contributed by atoms with E-state index in [0.29, 0.717) is 6.54 Å². The molecule has 0 aromatic heterocycles. The van der Waals surface area contributed by atoms with Crippen molar-refractivity contribution in [3.05, 3.63) is 59.7 Å². The summed E-state index contributed by atoms with van der Waals surface area (Å²) in [7, 11) is 0. The second-order valence-corrected chi connectivity index (χ2v) is 7.63. The van der Waals surface area contributed by atoms with Crippen molar-refractivity contribution >= 4 is 17.4 Å². The largest absolute Gasteiger partial charge is 0.370 e. The number of amides is 2. The summed E-state index contributed by atoms with van der Waals surface area (Å²) in [6, 6.07) is 16.3. The van der Waals surface area contributed by atoms with Crippen LogP contribution in [0.4, 0.5) is 16.2 Å². The topological polar surface area (TPSA) is 44.4 Å². The molecular weight excluding hydrogens is 322 g/mol. The van der Waals surface area contributed by atoms with E-state index >= 15 is 0 Å². The first-order valence-electron chi connectivity index (χ1n) is 9.26. The molecule has 0 radical (unpaired) electrons. The quantitative estimate of drug-likeness (QED) is 0.772. The van der Waals surface area contributed by atoms with Gasteiger partial charge >= 0.3 is 6.03 Å². The van der Waals surface area contributed by atoms with Crippen molar-refractivity contribution in [3.63, 3.8) is 0 Å². The van der Waals surface area contributed by atoms with Crippen LogP contribution in [0, 0.1) is 6.92 Å². The molecule has 2 rings (SSSR count). The lowest BCUT2D eigenvalue weighted by molar-refractivity contribution is 0.252. The van der Waals surface area contributed by atoms with Crippen LogP contribution in [0.5, 0.6) is 0 Å². The Kier molecular flexibility index (Phi) is 6.67. The van der Waals surface area contributed by atoms with Gasteiger partial charge in [-0.15, -0.1) is 0 Å². The van der Waals surface area contributed by atoms with E-state index in [0.717, 1.165) is 18.8 Å². The van der Waals surface area contributed by atoms with Gasteiger partial charge in [0.05, 0.1) is 0 Å². The van der Waals surface area contributed by atoms with Gasteiger partial charge in [0.1, 0.15) is 0 Å². The number of aryl methyl sites for hydroxylation is 1. The number of nitrogens with zero attached hydrogens (tertiary/aromatic N) is 1. The van der Waals surface area contributed by atoms with E-state index in [4.69, 9.17) is 0 Å². The monoisotopic (exact) mass is 353 g/mol. The van der Waals surface area contributed by atoms with Crippen molar-refractivity contribution in [1.29, 1.82) is 0 Å². The molecule has 0 aliphatic rings. The highest BCUT2D eigenvalue weighted by atomic mass is 16.2. The van der Waals surface area contributed by atoms with E-state index in [2.05, 4.69) is 86.6 Å². The molecule has 4 heteroatoms. The first-order valence-corrected chi connectivity index (χ1v) is 9.26. The third kappa shape index (κ3) is 5.80. The lowest BCUT2D eigenvalue weighted by Gasteiger charge is -2.23. The number of nitrogens with one attached hydrogen (secondary N) is 2. The Balaban J connectivity index is 1.83. The van der Waals surface area contributed by atoms with Gasteiger partial charge < -0.3 is 15.5 Å². The Hall–Kier alpha value is -2.49. The summed E-state index contributed by atoms with van der Waals surface area (Å²) in [4.78, 5) is 14.4. The van der Waals surface area contributed by atoms with Crippen molar-refractivity contribution in [2.24, 2.45) is 0 Å². The first kappa shape index (κ1) is 19.8. The van der Waals surface area contributed by atoms with Crippen molar-refractivity contribution in [2.45, 2.75) is 40.0 Å². The molecule has 2 N–H and O–H groups in total. The van der Waals surface area contributed by atoms with Gasteiger partial charge in [-0.2, -0.15) is 0 Å². The Morgan fingerprint density at radius 1 is 1.08 bits per heavy atom. The maximum Gasteiger partial charge on any atom is 0.319 e. The highest BCUT2D eigenvalue weighted by molar-refractivity contribution is 5.89. The van der Waals surface area contributed by atoms with Crippen molar-refractivity contribution in [2.75, 3.05) is 29.9 Å². The molecule has 2 aromatic rings. The van der Waals surface area contributed by atoms with Crippen molar-refractivity contribution < 1.29 is 4.79 Å². The van der Waals surface area contributed by atoms with Gasteiger partial charge in [0.15, 0.2) is 0 Å². The molecule has 0 saturated carbocycles. The van der Waals surface area contributed by atoms with Crippen LogP contribution in [0.3, 0.4) is 0 Å². The number of carbonyl (C=O) groups excluding carboxylic acids is 1. The summed E-state index contributed by atoms with van der Waals surface area (Å²) in [6.07, 6.45) is 0. The molecule has 2 aromatic carbocycles. The number of anilines is 2. The number of hydrogen-bond donors (Lipinski definition) is 2. The predicted molar refractivity (Wildman–Crippen MR) is 111 cm³/mol. The molecule has 0 aliphatic heterocycles. The summed E-state index contributed by atoms with van der Waals surface area (Å²) < 4.78 is 0. The van der Waals surface area contributed by atoms with E-state index in [9.17, 15) is 4.79 Å². The molecule has 26 heavy (non-hydrogen) atoms. The smallest absolute Gasteiger partial charge is 0.319 e. The van der Waals surface area contributed by atoms with E-state index in [1.165, 1.54) is 16.8 Å². The lowest BCUT2D eigenvalue weighted by Crippen LogP contribution is -2.37. The van der Waals surface area contributed by atoms with Crippen LogP contribution in [0.15, 0.2) is 48.5 Å². The average Bonchev–Trinajstić information content (AvgIpc) is 2.58. The van der Waals surface area contributed by atoms with E-state index < -0.39 is 0 Å². The summed E-state index contributed by atoms with van der Waals surface area (Å²) in [6.45, 7) is 13.0. The van der Waals surface area contributed by atoms with Gasteiger partial charge in [-0.25, -0.2) is 4.79 Å². The second-order valence-electron chi connectivity index (χ2n) is 7.63. The fraction of sp³-hybridized carbons (Fsp3) is 0.409. The Morgan fingerprint density at radius 2 is 1.77 bits per heavy atom. The van der Waals surface area contributed by atoms with E-state index in [1.807, 2.05) is 12.1 Å². The summed E-state index contributed by atoms with van der Waals surface area (Å²) >= 11 is 0. The van der Waals surface area contributed by atoms with Gasteiger partial charge in [0.25, 0.3) is 0 Å². The number of likely N-dealkylation sites (N-methyl/N-ethyl adjacent to an activating group) is 1. The van der Waals surface area contributed by atoms with Crippen LogP contribution in [-0.2, 0) is 5.41 Å². The predicted octanol–water partition coefficient (Wildman–Crippen LogP) is 4.94. The maximum atomic E-state index is 12.1. The number of benzene rings is 2. The van der Waals surface area contributed by atoms with E-state index in [-0.39, 0.29) is 11.4 Å². The van der Waals surface area contributed by atoms with Gasteiger partial charge in [0, 0.05) is 31.0 Å². The third-order valence-corrected chi connectivity index (χ3v) is 4.42. The zero-order valence-corrected chi connectivity index (χ0v) is 16.6. The van der Waals surface area contributed by atoms with Crippen molar-refractivity contribution in [1.82, 2.24) is 5.32 Å². The second kappa shape index (κ2) is 8.75. The molecule has 140 valence electrons. The molecule has 2 amide bonds. The molecular formula is C22H31N3O. The Morgan fingerprint density at radius 3 is 2.35 bits per heavy atom.